The van der Waals surface area contributed by atoms with Crippen LogP contribution in [0.3, 0.4) is 0 Å². The van der Waals surface area contributed by atoms with Crippen LogP contribution in [0.2, 0.25) is 0 Å². The Morgan fingerprint density at radius 3 is 2.67 bits per heavy atom. The minimum absolute atomic E-state index is 0.0732. The van der Waals surface area contributed by atoms with Crippen LogP contribution in [-0.4, -0.2) is 33.6 Å². The van der Waals surface area contributed by atoms with Gasteiger partial charge in [0.15, 0.2) is 11.5 Å². The van der Waals surface area contributed by atoms with Gasteiger partial charge in [-0.1, -0.05) is 0 Å². The summed E-state index contributed by atoms with van der Waals surface area (Å²) in [6.07, 6.45) is 2.54. The van der Waals surface area contributed by atoms with Gasteiger partial charge in [-0.25, -0.2) is 19.6 Å². The van der Waals surface area contributed by atoms with Gasteiger partial charge in [-0.05, 0) is 6.92 Å². The lowest BCUT2D eigenvalue weighted by Crippen LogP contribution is -2.29. The van der Waals surface area contributed by atoms with Crippen LogP contribution in [0, 0.1) is 0 Å². The average molecular weight is 210 g/mol. The quantitative estimate of drug-likeness (QED) is 0.666. The number of carbonyl (C=O) groups excluding carboxylic acids is 1. The molecule has 2 amide bonds. The number of carboxylic acid groups (broad SMARTS) is 1. The first-order valence-electron chi connectivity index (χ1n) is 4.24. The zero-order chi connectivity index (χ0) is 11.3. The number of aromatic carboxylic acids is 1. The highest BCUT2D eigenvalue weighted by atomic mass is 16.4. The number of hydrogen-bond donors (Lipinski definition) is 3. The van der Waals surface area contributed by atoms with Gasteiger partial charge >= 0.3 is 12.0 Å². The van der Waals surface area contributed by atoms with E-state index in [1.165, 1.54) is 12.4 Å². The highest BCUT2D eigenvalue weighted by molar-refractivity contribution is 5.97. The average Bonchev–Trinajstić information content (AvgIpc) is 2.18. The van der Waals surface area contributed by atoms with Crippen molar-refractivity contribution in [2.75, 3.05) is 11.9 Å². The fourth-order valence-corrected chi connectivity index (χ4v) is 0.898. The van der Waals surface area contributed by atoms with Gasteiger partial charge in [0.25, 0.3) is 0 Å². The molecule has 7 heteroatoms. The van der Waals surface area contributed by atoms with Crippen molar-refractivity contribution in [3.05, 3.63) is 18.1 Å². The molecule has 0 radical (unpaired) electrons. The van der Waals surface area contributed by atoms with Crippen molar-refractivity contribution >= 4 is 17.8 Å². The van der Waals surface area contributed by atoms with Gasteiger partial charge in [0.05, 0.1) is 0 Å². The Bertz CT molecular complexity index is 380. The second kappa shape index (κ2) is 4.89. The summed E-state index contributed by atoms with van der Waals surface area (Å²) in [5, 5.41) is 13.5. The molecule has 0 atom stereocenters. The van der Waals surface area contributed by atoms with Gasteiger partial charge in [0, 0.05) is 18.9 Å². The maximum absolute atomic E-state index is 11.1. The van der Waals surface area contributed by atoms with E-state index in [2.05, 4.69) is 20.6 Å². The van der Waals surface area contributed by atoms with Crippen LogP contribution < -0.4 is 10.6 Å². The van der Waals surface area contributed by atoms with E-state index in [4.69, 9.17) is 5.11 Å². The molecule has 0 aliphatic carbocycles. The molecule has 0 aliphatic heterocycles. The molecule has 1 aromatic rings. The number of hydrogen-bond acceptors (Lipinski definition) is 4. The molecule has 0 unspecified atom stereocenters. The lowest BCUT2D eigenvalue weighted by molar-refractivity contribution is 0.0691. The smallest absolute Gasteiger partial charge is 0.358 e. The molecule has 1 aromatic heterocycles. The number of rotatable bonds is 3. The molecule has 15 heavy (non-hydrogen) atoms. The molecule has 0 fully saturated rings. The zero-order valence-corrected chi connectivity index (χ0v) is 8.02. The number of carboxylic acids is 1. The van der Waals surface area contributed by atoms with E-state index in [0.29, 0.717) is 6.54 Å². The summed E-state index contributed by atoms with van der Waals surface area (Å²) in [7, 11) is 0. The monoisotopic (exact) mass is 210 g/mol. The van der Waals surface area contributed by atoms with Crippen molar-refractivity contribution in [3.8, 4) is 0 Å². The Morgan fingerprint density at radius 1 is 1.40 bits per heavy atom. The largest absolute Gasteiger partial charge is 0.476 e. The van der Waals surface area contributed by atoms with Crippen molar-refractivity contribution in [3.63, 3.8) is 0 Å². The van der Waals surface area contributed by atoms with Gasteiger partial charge in [-0.15, -0.1) is 0 Å². The highest BCUT2D eigenvalue weighted by Gasteiger charge is 2.14. The molecular formula is C8H10N4O3. The standard InChI is InChI=1S/C8H10N4O3/c1-2-9-8(15)12-6-5(7(13)14)10-3-4-11-6/h3-4H,2H2,1H3,(H,13,14)(H2,9,11,12,15). The first-order valence-corrected chi connectivity index (χ1v) is 4.24. The van der Waals surface area contributed by atoms with Crippen molar-refractivity contribution in [1.82, 2.24) is 15.3 Å². The van der Waals surface area contributed by atoms with Crippen LogP contribution >= 0.6 is 0 Å². The summed E-state index contributed by atoms with van der Waals surface area (Å²) in [4.78, 5) is 29.1. The summed E-state index contributed by atoms with van der Waals surface area (Å²) >= 11 is 0. The Hall–Kier alpha value is -2.18. The molecule has 1 heterocycles. The second-order valence-electron chi connectivity index (χ2n) is 2.54. The molecule has 3 N–H and O–H groups in total. The van der Waals surface area contributed by atoms with Crippen LogP contribution in [0.25, 0.3) is 0 Å². The Balaban J connectivity index is 2.84. The third-order valence-corrected chi connectivity index (χ3v) is 1.47. The van der Waals surface area contributed by atoms with Crippen molar-refractivity contribution < 1.29 is 14.7 Å². The van der Waals surface area contributed by atoms with Gasteiger partial charge in [-0.2, -0.15) is 0 Å². The minimum Gasteiger partial charge on any atom is -0.476 e. The van der Waals surface area contributed by atoms with Crippen molar-refractivity contribution in [2.45, 2.75) is 6.92 Å². The summed E-state index contributed by atoms with van der Waals surface area (Å²) in [5.74, 6) is -1.31. The van der Waals surface area contributed by atoms with Gasteiger partial charge < -0.3 is 10.4 Å². The summed E-state index contributed by atoms with van der Waals surface area (Å²) in [5.41, 5.74) is -0.288. The molecule has 7 nitrogen and oxygen atoms in total. The van der Waals surface area contributed by atoms with Crippen LogP contribution in [0.15, 0.2) is 12.4 Å². The van der Waals surface area contributed by atoms with Gasteiger partial charge in [-0.3, -0.25) is 5.32 Å². The number of amides is 2. The summed E-state index contributed by atoms with van der Waals surface area (Å²) in [6.45, 7) is 2.18. The normalized spacial score (nSPS) is 9.40. The van der Waals surface area contributed by atoms with E-state index in [1.54, 1.807) is 6.92 Å². The van der Waals surface area contributed by atoms with E-state index in [9.17, 15) is 9.59 Å². The maximum Gasteiger partial charge on any atom is 0.358 e. The fraction of sp³-hybridized carbons (Fsp3) is 0.250. The molecule has 80 valence electrons. The lowest BCUT2D eigenvalue weighted by atomic mass is 10.4. The third kappa shape index (κ3) is 2.90. The van der Waals surface area contributed by atoms with Gasteiger partial charge in [0.1, 0.15) is 0 Å². The van der Waals surface area contributed by atoms with Crippen molar-refractivity contribution in [1.29, 1.82) is 0 Å². The number of carbonyl (C=O) groups is 2. The number of nitrogens with one attached hydrogen (secondary N) is 2. The number of anilines is 1. The van der Waals surface area contributed by atoms with E-state index in [-0.39, 0.29) is 11.5 Å². The third-order valence-electron chi connectivity index (χ3n) is 1.47. The lowest BCUT2D eigenvalue weighted by Gasteiger charge is -2.06. The topological polar surface area (TPSA) is 104 Å². The van der Waals surface area contributed by atoms with Crippen LogP contribution in [0.4, 0.5) is 10.6 Å². The summed E-state index contributed by atoms with van der Waals surface area (Å²) in [6, 6.07) is -0.513. The highest BCUT2D eigenvalue weighted by Crippen LogP contribution is 2.07. The molecule has 0 spiro atoms. The van der Waals surface area contributed by atoms with E-state index in [1.807, 2.05) is 0 Å². The van der Waals surface area contributed by atoms with Crippen LogP contribution in [0.5, 0.6) is 0 Å². The molecule has 0 bridgehead atoms. The Morgan fingerprint density at radius 2 is 2.07 bits per heavy atom. The Kier molecular flexibility index (Phi) is 3.55. The molecule has 1 rings (SSSR count). The predicted molar refractivity (Wildman–Crippen MR) is 51.7 cm³/mol. The molecular weight excluding hydrogens is 200 g/mol. The van der Waals surface area contributed by atoms with Crippen LogP contribution in [0.1, 0.15) is 17.4 Å². The van der Waals surface area contributed by atoms with E-state index in [0.717, 1.165) is 0 Å². The predicted octanol–water partition coefficient (Wildman–Crippen LogP) is 0.316. The summed E-state index contributed by atoms with van der Waals surface area (Å²) < 4.78 is 0. The van der Waals surface area contributed by atoms with Crippen molar-refractivity contribution in [2.24, 2.45) is 0 Å². The number of urea groups is 1. The van der Waals surface area contributed by atoms with E-state index < -0.39 is 12.0 Å². The molecule has 0 saturated heterocycles. The molecule has 0 aliphatic rings. The molecule has 0 aromatic carbocycles. The first kappa shape index (κ1) is 10.9. The first-order chi connectivity index (χ1) is 7.15. The fourth-order valence-electron chi connectivity index (χ4n) is 0.898. The van der Waals surface area contributed by atoms with E-state index >= 15 is 0 Å². The maximum atomic E-state index is 11.1. The second-order valence-corrected chi connectivity index (χ2v) is 2.54. The number of nitrogens with zero attached hydrogens (tertiary/aromatic N) is 2. The zero-order valence-electron chi connectivity index (χ0n) is 8.02. The van der Waals surface area contributed by atoms with Crippen LogP contribution in [-0.2, 0) is 0 Å². The SMILES string of the molecule is CCNC(=O)Nc1nccnc1C(=O)O. The van der Waals surface area contributed by atoms with Gasteiger partial charge in [0.2, 0.25) is 0 Å². The molecule has 0 saturated carbocycles. The number of aromatic nitrogens is 2. The minimum atomic E-state index is -1.24. The Labute approximate surface area is 85.5 Å².